The lowest BCUT2D eigenvalue weighted by molar-refractivity contribution is 0.411. The maximum Gasteiger partial charge on any atom is 0.261 e. The van der Waals surface area contributed by atoms with Crippen molar-refractivity contribution in [3.63, 3.8) is 0 Å². The number of rotatable bonds is 5. The molecule has 3 aromatic carbocycles. The van der Waals surface area contributed by atoms with Crippen molar-refractivity contribution in [2.24, 2.45) is 5.92 Å². The molecule has 0 saturated heterocycles. The van der Waals surface area contributed by atoms with Crippen LogP contribution in [0.2, 0.25) is 0 Å². The molecular weight excluding hydrogens is 488 g/mol. The number of methoxy groups -OCH3 is 1. The Kier molecular flexibility index (Phi) is 5.47. The first-order valence-electron chi connectivity index (χ1n) is 10.4. The second-order valence-electron chi connectivity index (χ2n) is 8.11. The lowest BCUT2D eigenvalue weighted by Crippen LogP contribution is -2.29. The first kappa shape index (κ1) is 21.1. The van der Waals surface area contributed by atoms with Gasteiger partial charge in [0, 0.05) is 21.8 Å². The van der Waals surface area contributed by atoms with Crippen molar-refractivity contribution < 1.29 is 13.2 Å². The Bertz CT molecular complexity index is 1270. The molecule has 0 unspecified atom stereocenters. The van der Waals surface area contributed by atoms with Crippen LogP contribution in [0.25, 0.3) is 0 Å². The number of hydrogen-bond donors (Lipinski definition) is 2. The molecule has 2 N–H and O–H groups in total. The summed E-state index contributed by atoms with van der Waals surface area (Å²) in [6, 6.07) is 20.7. The predicted octanol–water partition coefficient (Wildman–Crippen LogP) is 6.09. The van der Waals surface area contributed by atoms with Crippen LogP contribution in [0.3, 0.4) is 0 Å². The third kappa shape index (κ3) is 3.91. The van der Waals surface area contributed by atoms with Crippen LogP contribution in [0.5, 0.6) is 5.75 Å². The number of nitrogens with one attached hydrogen (secondary N) is 2. The van der Waals surface area contributed by atoms with E-state index in [4.69, 9.17) is 4.74 Å². The van der Waals surface area contributed by atoms with Gasteiger partial charge in [-0.2, -0.15) is 0 Å². The molecule has 1 aliphatic carbocycles. The van der Waals surface area contributed by atoms with Crippen LogP contribution in [0.4, 0.5) is 11.4 Å². The molecule has 1 heterocycles. The minimum absolute atomic E-state index is 0.150. The van der Waals surface area contributed by atoms with E-state index < -0.39 is 10.0 Å². The smallest absolute Gasteiger partial charge is 0.261 e. The summed E-state index contributed by atoms with van der Waals surface area (Å²) in [5, 5.41) is 3.66. The zero-order valence-corrected chi connectivity index (χ0v) is 19.9. The zero-order valence-electron chi connectivity index (χ0n) is 17.5. The topological polar surface area (TPSA) is 67.4 Å². The van der Waals surface area contributed by atoms with Gasteiger partial charge >= 0.3 is 0 Å². The third-order valence-corrected chi connectivity index (χ3v) is 8.12. The number of hydrogen-bond acceptors (Lipinski definition) is 4. The predicted molar refractivity (Wildman–Crippen MR) is 131 cm³/mol. The van der Waals surface area contributed by atoms with Crippen LogP contribution >= 0.6 is 15.9 Å². The van der Waals surface area contributed by atoms with Crippen LogP contribution in [-0.2, 0) is 10.0 Å². The number of fused-ring (bicyclic) bond motifs is 3. The fourth-order valence-electron chi connectivity index (χ4n) is 4.61. The highest BCUT2D eigenvalue weighted by atomic mass is 79.9. The van der Waals surface area contributed by atoms with Gasteiger partial charge in [-0.1, -0.05) is 40.2 Å². The second-order valence-corrected chi connectivity index (χ2v) is 10.7. The molecule has 0 radical (unpaired) electrons. The van der Waals surface area contributed by atoms with Crippen molar-refractivity contribution in [2.75, 3.05) is 17.1 Å². The molecule has 0 bridgehead atoms. The number of benzene rings is 3. The summed E-state index contributed by atoms with van der Waals surface area (Å²) in [7, 11) is -2.03. The van der Waals surface area contributed by atoms with Gasteiger partial charge in [0.05, 0.1) is 18.0 Å². The normalized spacial score (nSPS) is 21.4. The Morgan fingerprint density at radius 2 is 1.78 bits per heavy atom. The van der Waals surface area contributed by atoms with E-state index in [1.807, 2.05) is 30.3 Å². The fraction of sp³-hybridized carbons (Fsp3) is 0.200. The van der Waals surface area contributed by atoms with Gasteiger partial charge in [0.25, 0.3) is 10.0 Å². The Labute approximate surface area is 196 Å². The number of ether oxygens (including phenoxy) is 1. The molecule has 3 atom stereocenters. The standard InChI is InChI=1S/C25H23BrN2O3S/c1-31-19-11-5-16(6-12-19)25-22-4-2-3-21(22)23-15-20(13-14-24(23)27-25)32(29,30)28-18-9-7-17(26)8-10-18/h2-3,5-15,21-22,25,27-28H,4H2,1H3/t21-,22+,25+/m0/s1. The Balaban J connectivity index is 1.46. The van der Waals surface area contributed by atoms with Crippen molar-refractivity contribution in [1.29, 1.82) is 0 Å². The van der Waals surface area contributed by atoms with Crippen LogP contribution in [-0.4, -0.2) is 15.5 Å². The van der Waals surface area contributed by atoms with Gasteiger partial charge in [0.15, 0.2) is 0 Å². The van der Waals surface area contributed by atoms with Gasteiger partial charge in [-0.05, 0) is 78.1 Å². The molecule has 0 fully saturated rings. The average molecular weight is 511 g/mol. The molecule has 0 saturated carbocycles. The molecular formula is C25H23BrN2O3S. The van der Waals surface area contributed by atoms with E-state index in [-0.39, 0.29) is 16.9 Å². The highest BCUT2D eigenvalue weighted by Crippen LogP contribution is 2.50. The van der Waals surface area contributed by atoms with E-state index >= 15 is 0 Å². The van der Waals surface area contributed by atoms with Gasteiger partial charge < -0.3 is 10.1 Å². The van der Waals surface area contributed by atoms with Gasteiger partial charge in [-0.3, -0.25) is 4.72 Å². The largest absolute Gasteiger partial charge is 0.497 e. The van der Waals surface area contributed by atoms with Crippen LogP contribution < -0.4 is 14.8 Å². The van der Waals surface area contributed by atoms with Gasteiger partial charge in [0.1, 0.15) is 5.75 Å². The highest BCUT2D eigenvalue weighted by molar-refractivity contribution is 9.10. The molecule has 0 aromatic heterocycles. The molecule has 3 aromatic rings. The van der Waals surface area contributed by atoms with Crippen molar-refractivity contribution in [3.8, 4) is 5.75 Å². The molecule has 5 rings (SSSR count). The lowest BCUT2D eigenvalue weighted by Gasteiger charge is -2.37. The van der Waals surface area contributed by atoms with Gasteiger partial charge in [-0.25, -0.2) is 8.42 Å². The zero-order chi connectivity index (χ0) is 22.3. The Hall–Kier alpha value is -2.77. The summed E-state index contributed by atoms with van der Waals surface area (Å²) in [4.78, 5) is 0.267. The van der Waals surface area contributed by atoms with E-state index in [1.165, 1.54) is 5.56 Å². The van der Waals surface area contributed by atoms with Crippen molar-refractivity contribution >= 4 is 37.3 Å². The molecule has 0 amide bonds. The van der Waals surface area contributed by atoms with Gasteiger partial charge in [-0.15, -0.1) is 0 Å². The fourth-order valence-corrected chi connectivity index (χ4v) is 5.97. The molecule has 5 nitrogen and oxygen atoms in total. The Morgan fingerprint density at radius 1 is 1.03 bits per heavy atom. The molecule has 32 heavy (non-hydrogen) atoms. The third-order valence-electron chi connectivity index (χ3n) is 6.22. The number of sulfonamides is 1. The minimum atomic E-state index is -3.69. The second kappa shape index (κ2) is 8.30. The minimum Gasteiger partial charge on any atom is -0.497 e. The summed E-state index contributed by atoms with van der Waals surface area (Å²) in [6.07, 6.45) is 5.35. The number of halogens is 1. The van der Waals surface area contributed by atoms with Crippen LogP contribution in [0.15, 0.2) is 88.3 Å². The molecule has 7 heteroatoms. The first-order chi connectivity index (χ1) is 15.4. The van der Waals surface area contributed by atoms with Gasteiger partial charge in [0.2, 0.25) is 0 Å². The van der Waals surface area contributed by atoms with E-state index in [0.29, 0.717) is 11.6 Å². The summed E-state index contributed by atoms with van der Waals surface area (Å²) in [5.41, 5.74) is 3.72. The maximum absolute atomic E-state index is 13.0. The SMILES string of the molecule is COc1ccc([C@H]2Nc3ccc(S(=O)(=O)Nc4ccc(Br)cc4)cc3[C@H]3C=CC[C@H]32)cc1. The van der Waals surface area contributed by atoms with Crippen LogP contribution in [0, 0.1) is 5.92 Å². The summed E-state index contributed by atoms with van der Waals surface area (Å²) >= 11 is 3.37. The van der Waals surface area contributed by atoms with E-state index in [9.17, 15) is 8.42 Å². The van der Waals surface area contributed by atoms with Crippen molar-refractivity contribution in [1.82, 2.24) is 0 Å². The summed E-state index contributed by atoms with van der Waals surface area (Å²) in [5.74, 6) is 1.33. The molecule has 164 valence electrons. The number of anilines is 2. The van der Waals surface area contributed by atoms with Crippen LogP contribution in [0.1, 0.15) is 29.5 Å². The lowest BCUT2D eigenvalue weighted by atomic mass is 9.77. The first-order valence-corrected chi connectivity index (χ1v) is 12.7. The van der Waals surface area contributed by atoms with E-state index in [1.54, 1.807) is 31.4 Å². The van der Waals surface area contributed by atoms with E-state index in [0.717, 1.165) is 27.9 Å². The summed E-state index contributed by atoms with van der Waals surface area (Å²) < 4.78 is 34.9. The Morgan fingerprint density at radius 3 is 2.50 bits per heavy atom. The quantitative estimate of drug-likeness (QED) is 0.407. The van der Waals surface area contributed by atoms with Crippen molar-refractivity contribution in [2.45, 2.75) is 23.3 Å². The summed E-state index contributed by atoms with van der Waals surface area (Å²) in [6.45, 7) is 0. The van der Waals surface area contributed by atoms with Crippen molar-refractivity contribution in [3.05, 3.63) is 94.5 Å². The maximum atomic E-state index is 13.0. The molecule has 2 aliphatic rings. The molecule has 1 aliphatic heterocycles. The van der Waals surface area contributed by atoms with E-state index in [2.05, 4.69) is 50.3 Å². The monoisotopic (exact) mass is 510 g/mol. The average Bonchev–Trinajstić information content (AvgIpc) is 3.30. The molecule has 0 spiro atoms. The number of allylic oxidation sites excluding steroid dienone is 2. The highest BCUT2D eigenvalue weighted by Gasteiger charge is 2.38.